The summed E-state index contributed by atoms with van der Waals surface area (Å²) in [5, 5.41) is 12.8. The second-order valence-corrected chi connectivity index (χ2v) is 8.09. The lowest BCUT2D eigenvalue weighted by molar-refractivity contribution is 0.162. The van der Waals surface area contributed by atoms with Gasteiger partial charge in [0.05, 0.1) is 17.6 Å². The maximum Gasteiger partial charge on any atom is 0.154 e. The largest absolute Gasteiger partial charge is 0.390 e. The minimum atomic E-state index is -3.01. The fourth-order valence-electron chi connectivity index (χ4n) is 2.29. The Kier molecular flexibility index (Phi) is 4.15. The van der Waals surface area contributed by atoms with Crippen molar-refractivity contribution >= 4 is 21.6 Å². The predicted molar refractivity (Wildman–Crippen MR) is 66.5 cm³/mol. The van der Waals surface area contributed by atoms with Crippen molar-refractivity contribution in [3.05, 3.63) is 0 Å². The average Bonchev–Trinajstić information content (AvgIpc) is 2.50. The van der Waals surface area contributed by atoms with Gasteiger partial charge in [0.15, 0.2) is 9.84 Å². The first-order chi connectivity index (χ1) is 7.57. The molecular weight excluding hydrogens is 246 g/mol. The normalized spacial score (nSPS) is 35.3. The summed E-state index contributed by atoms with van der Waals surface area (Å²) < 4.78 is 22.6. The summed E-state index contributed by atoms with van der Waals surface area (Å²) in [6.45, 7) is 0.845. The molecule has 2 aliphatic rings. The Bertz CT molecular complexity index is 325. The Labute approximate surface area is 101 Å². The van der Waals surface area contributed by atoms with Crippen LogP contribution in [0.2, 0.25) is 0 Å². The first kappa shape index (κ1) is 12.7. The van der Waals surface area contributed by atoms with Crippen LogP contribution >= 0.6 is 11.8 Å². The van der Waals surface area contributed by atoms with Gasteiger partial charge in [-0.3, -0.25) is 0 Å². The van der Waals surface area contributed by atoms with Gasteiger partial charge in [-0.1, -0.05) is 0 Å². The van der Waals surface area contributed by atoms with Crippen molar-refractivity contribution in [2.45, 2.75) is 25.0 Å². The third-order valence-electron chi connectivity index (χ3n) is 3.33. The Balaban J connectivity index is 1.77. The fraction of sp³-hybridized carbons (Fsp3) is 1.00. The standard InChI is InChI=1S/C10H19NO3S2/c12-10-7-16(13,14)6-9(10)11-5-8-1-3-15-4-2-8/h8-12H,1-7H2. The molecular formula is C10H19NO3S2. The molecule has 16 heavy (non-hydrogen) atoms. The van der Waals surface area contributed by atoms with Gasteiger partial charge in [0, 0.05) is 6.04 Å². The molecule has 0 aromatic heterocycles. The highest BCUT2D eigenvalue weighted by Gasteiger charge is 2.36. The SMILES string of the molecule is O=S1(=O)CC(O)C(NCC2CCSCC2)C1. The molecule has 0 saturated carbocycles. The average molecular weight is 265 g/mol. The monoisotopic (exact) mass is 265 g/mol. The maximum absolute atomic E-state index is 11.3. The van der Waals surface area contributed by atoms with E-state index in [-0.39, 0.29) is 17.5 Å². The molecule has 2 aliphatic heterocycles. The van der Waals surface area contributed by atoms with Crippen LogP contribution in [0, 0.1) is 5.92 Å². The molecule has 4 nitrogen and oxygen atoms in total. The quantitative estimate of drug-likeness (QED) is 0.744. The summed E-state index contributed by atoms with van der Waals surface area (Å²) in [6, 6.07) is -0.250. The molecule has 2 fully saturated rings. The van der Waals surface area contributed by atoms with Gasteiger partial charge < -0.3 is 10.4 Å². The topological polar surface area (TPSA) is 66.4 Å². The summed E-state index contributed by atoms with van der Waals surface area (Å²) in [5.74, 6) is 3.08. The van der Waals surface area contributed by atoms with E-state index in [1.807, 2.05) is 11.8 Å². The summed E-state index contributed by atoms with van der Waals surface area (Å²) in [5.41, 5.74) is 0. The van der Waals surface area contributed by atoms with Crippen molar-refractivity contribution in [2.24, 2.45) is 5.92 Å². The highest BCUT2D eigenvalue weighted by Crippen LogP contribution is 2.22. The molecule has 6 heteroatoms. The van der Waals surface area contributed by atoms with Crippen molar-refractivity contribution in [1.82, 2.24) is 5.32 Å². The van der Waals surface area contributed by atoms with Crippen LogP contribution in [0.25, 0.3) is 0 Å². The number of hydrogen-bond acceptors (Lipinski definition) is 5. The zero-order valence-corrected chi connectivity index (χ0v) is 10.9. The Morgan fingerprint density at radius 1 is 1.25 bits per heavy atom. The third-order valence-corrected chi connectivity index (χ3v) is 6.10. The van der Waals surface area contributed by atoms with Crippen LogP contribution in [0.1, 0.15) is 12.8 Å². The number of thioether (sulfide) groups is 1. The van der Waals surface area contributed by atoms with E-state index in [9.17, 15) is 13.5 Å². The Morgan fingerprint density at radius 3 is 2.50 bits per heavy atom. The van der Waals surface area contributed by atoms with Crippen molar-refractivity contribution in [3.63, 3.8) is 0 Å². The molecule has 0 aromatic carbocycles. The fourth-order valence-corrected chi connectivity index (χ4v) is 5.27. The van der Waals surface area contributed by atoms with Gasteiger partial charge in [-0.15, -0.1) is 0 Å². The van der Waals surface area contributed by atoms with E-state index in [2.05, 4.69) is 5.32 Å². The third kappa shape index (κ3) is 3.35. The highest BCUT2D eigenvalue weighted by atomic mass is 32.2. The van der Waals surface area contributed by atoms with Crippen LogP contribution in [0.15, 0.2) is 0 Å². The number of aliphatic hydroxyl groups excluding tert-OH is 1. The summed E-state index contributed by atoms with van der Waals surface area (Å²) in [4.78, 5) is 0. The summed E-state index contributed by atoms with van der Waals surface area (Å²) in [6.07, 6.45) is 1.68. The van der Waals surface area contributed by atoms with Crippen LogP contribution in [0.5, 0.6) is 0 Å². The zero-order chi connectivity index (χ0) is 11.6. The predicted octanol–water partition coefficient (Wildman–Crippen LogP) is -0.123. The molecule has 0 bridgehead atoms. The number of aliphatic hydroxyl groups is 1. The van der Waals surface area contributed by atoms with Gasteiger partial charge in [0.1, 0.15) is 0 Å². The molecule has 2 saturated heterocycles. The van der Waals surface area contributed by atoms with Crippen LogP contribution in [0.3, 0.4) is 0 Å². The van der Waals surface area contributed by atoms with E-state index in [1.165, 1.54) is 24.3 Å². The van der Waals surface area contributed by atoms with Crippen molar-refractivity contribution in [1.29, 1.82) is 0 Å². The van der Waals surface area contributed by atoms with Gasteiger partial charge >= 0.3 is 0 Å². The Hall–Kier alpha value is 0.220. The number of hydrogen-bond donors (Lipinski definition) is 2. The van der Waals surface area contributed by atoms with Crippen LogP contribution in [-0.4, -0.2) is 55.2 Å². The zero-order valence-electron chi connectivity index (χ0n) is 9.26. The molecule has 0 spiro atoms. The summed E-state index contributed by atoms with van der Waals surface area (Å²) >= 11 is 1.98. The molecule has 2 atom stereocenters. The van der Waals surface area contributed by atoms with Gasteiger partial charge in [-0.25, -0.2) is 8.42 Å². The molecule has 0 radical (unpaired) electrons. The van der Waals surface area contributed by atoms with Crippen molar-refractivity contribution in [2.75, 3.05) is 29.6 Å². The number of sulfone groups is 1. The van der Waals surface area contributed by atoms with E-state index in [0.29, 0.717) is 5.92 Å². The number of rotatable bonds is 3. The van der Waals surface area contributed by atoms with Crippen LogP contribution in [-0.2, 0) is 9.84 Å². The molecule has 0 aliphatic carbocycles. The van der Waals surface area contributed by atoms with Gasteiger partial charge in [0.25, 0.3) is 0 Å². The molecule has 2 rings (SSSR count). The number of nitrogens with one attached hydrogen (secondary N) is 1. The minimum Gasteiger partial charge on any atom is -0.390 e. The lowest BCUT2D eigenvalue weighted by Crippen LogP contribution is -2.41. The van der Waals surface area contributed by atoms with E-state index >= 15 is 0 Å². The van der Waals surface area contributed by atoms with E-state index < -0.39 is 15.9 Å². The van der Waals surface area contributed by atoms with Crippen LogP contribution < -0.4 is 5.32 Å². The second-order valence-electron chi connectivity index (χ2n) is 4.71. The molecule has 2 unspecified atom stereocenters. The van der Waals surface area contributed by atoms with Crippen molar-refractivity contribution in [3.8, 4) is 0 Å². The van der Waals surface area contributed by atoms with Crippen LogP contribution in [0.4, 0.5) is 0 Å². The molecule has 94 valence electrons. The van der Waals surface area contributed by atoms with E-state index in [1.54, 1.807) is 0 Å². The minimum absolute atomic E-state index is 0.0782. The first-order valence-electron chi connectivity index (χ1n) is 5.76. The van der Waals surface area contributed by atoms with E-state index in [0.717, 1.165) is 6.54 Å². The maximum atomic E-state index is 11.3. The molecule has 0 aromatic rings. The molecule has 2 heterocycles. The van der Waals surface area contributed by atoms with Gasteiger partial charge in [-0.2, -0.15) is 11.8 Å². The molecule has 0 amide bonds. The lowest BCUT2D eigenvalue weighted by Gasteiger charge is -2.24. The lowest BCUT2D eigenvalue weighted by atomic mass is 10.0. The summed E-state index contributed by atoms with van der Waals surface area (Å²) in [7, 11) is -3.01. The smallest absolute Gasteiger partial charge is 0.154 e. The van der Waals surface area contributed by atoms with Gasteiger partial charge in [0.2, 0.25) is 0 Å². The Morgan fingerprint density at radius 2 is 1.94 bits per heavy atom. The van der Waals surface area contributed by atoms with E-state index in [4.69, 9.17) is 0 Å². The molecule has 2 N–H and O–H groups in total. The van der Waals surface area contributed by atoms with Crippen molar-refractivity contribution < 1.29 is 13.5 Å². The first-order valence-corrected chi connectivity index (χ1v) is 8.74. The van der Waals surface area contributed by atoms with Gasteiger partial charge in [-0.05, 0) is 36.8 Å². The highest BCUT2D eigenvalue weighted by molar-refractivity contribution is 7.99. The second kappa shape index (κ2) is 5.25.